The molecule has 9 nitrogen and oxygen atoms in total. The second-order valence-electron chi connectivity index (χ2n) is 52.0. The van der Waals surface area contributed by atoms with Crippen molar-refractivity contribution in [2.75, 3.05) is 58.9 Å². The monoisotopic (exact) mass is 1720 g/mol. The zero-order chi connectivity index (χ0) is 96.8. The molecule has 8 saturated heterocycles. The van der Waals surface area contributed by atoms with E-state index in [0.29, 0.717) is 71.4 Å². The van der Waals surface area contributed by atoms with Crippen molar-refractivity contribution < 1.29 is 4.74 Å². The molecule has 0 spiro atoms. The standard InChI is InChI=1S/C15H24O.C14H29N.2C13H27N.C12H25N.2C10H21N.2C9H19N.4C2H6/c1-14(2,3)11-12-7-9-13(10-8-12)16-15(4,5)6;1-13(2,3)11-12-9-7-8-10-15(12)14(4,5)6;1-12(2,3)11-8-7-9-14(10-11)13(4,5)6;1-12(2,3)11-9-7-8-10-14(11)13(4,5)6;1-11(2,3)10-8-7-9-13(10)12(4,5)6;2*1-9-7-5-6-8-11(9)10(2,3)4;2*1-8-6-5-7-10(8)9(2,3)4;4*1-2/h7-10H,11H2,1-6H3;12H,7-11H2,1-6H3;2*11H,7-10H2,1-6H3;10H,7-9H2,1-6H3;2*9H,5-8H2,1-4H3;2*8H,5-7H2,1-4H3;4*1-2H3/t;;;;;2*9-;2*8-;;;;/m.....1010..../s1. The molecular formula is C113H236N8O. The molecule has 0 bridgehead atoms. The van der Waals surface area contributed by atoms with Crippen molar-refractivity contribution in [2.24, 2.45) is 33.0 Å². The molecule has 8 atom stereocenters. The van der Waals surface area contributed by atoms with Gasteiger partial charge in [-0.2, -0.15) is 0 Å². The third kappa shape index (κ3) is 54.5. The Morgan fingerprint density at radius 1 is 0.262 bits per heavy atom. The minimum atomic E-state index is -0.120. The lowest BCUT2D eigenvalue weighted by Crippen LogP contribution is -2.55. The molecule has 8 heterocycles. The Bertz CT molecular complexity index is 2530. The van der Waals surface area contributed by atoms with Crippen LogP contribution in [0.25, 0.3) is 0 Å². The summed E-state index contributed by atoms with van der Waals surface area (Å²) in [7, 11) is 0. The van der Waals surface area contributed by atoms with E-state index in [9.17, 15) is 0 Å². The Morgan fingerprint density at radius 3 is 0.779 bits per heavy atom. The topological polar surface area (TPSA) is 35.2 Å². The highest BCUT2D eigenvalue weighted by Crippen LogP contribution is 2.41. The Hall–Kier alpha value is -1.30. The van der Waals surface area contributed by atoms with E-state index in [1.54, 1.807) is 0 Å². The van der Waals surface area contributed by atoms with Gasteiger partial charge in [0.25, 0.3) is 0 Å². The SMILES string of the molecule is CC.CC.CC.CC.CC(C)(C)C1CCCCN1C(C)(C)C.CC(C)(C)C1CCCN(C(C)(C)C)C1.CC(C)(C)C1CCCN1C(C)(C)C.CC(C)(C)CC1CCCCN1C(C)(C)C.CC(C)(C)Cc1ccc(OC(C)(C)C)cc1.C[C@@H]1CCCCN1C(C)(C)C.C[C@@H]1CCCN1C(C)(C)C.C[C@H]1CCCCN1C(C)(C)C.C[C@H]1CCCN1C(C)(C)C. The third-order valence-corrected chi connectivity index (χ3v) is 25.7. The summed E-state index contributed by atoms with van der Waals surface area (Å²) in [5, 5.41) is 0. The largest absolute Gasteiger partial charge is 0.488 e. The van der Waals surface area contributed by atoms with Gasteiger partial charge in [0.05, 0.1) is 0 Å². The van der Waals surface area contributed by atoms with Gasteiger partial charge in [0, 0.05) is 93.1 Å². The minimum Gasteiger partial charge on any atom is -0.488 e. The Kier molecular flexibility index (Phi) is 58.9. The lowest BCUT2D eigenvalue weighted by Gasteiger charge is -2.50. The van der Waals surface area contributed by atoms with Gasteiger partial charge in [-0.3, -0.25) is 39.2 Å². The van der Waals surface area contributed by atoms with Crippen molar-refractivity contribution in [1.29, 1.82) is 0 Å². The average molecular weight is 1720 g/mol. The molecule has 4 unspecified atom stereocenters. The molecule has 0 amide bonds. The van der Waals surface area contributed by atoms with Crippen LogP contribution in [0.5, 0.6) is 5.75 Å². The van der Waals surface area contributed by atoms with Gasteiger partial charge in [-0.25, -0.2) is 0 Å². The predicted octanol–water partition coefficient (Wildman–Crippen LogP) is 33.0. The summed E-state index contributed by atoms with van der Waals surface area (Å²) in [4.78, 5) is 21.2. The molecule has 122 heavy (non-hydrogen) atoms. The molecule has 0 saturated carbocycles. The van der Waals surface area contributed by atoms with E-state index >= 15 is 0 Å². The predicted molar refractivity (Wildman–Crippen MR) is 559 cm³/mol. The van der Waals surface area contributed by atoms with Crippen molar-refractivity contribution in [2.45, 2.75) is 607 Å². The molecule has 8 aliphatic heterocycles. The second-order valence-corrected chi connectivity index (χ2v) is 52.0. The van der Waals surface area contributed by atoms with Gasteiger partial charge in [0.1, 0.15) is 11.4 Å². The van der Waals surface area contributed by atoms with Gasteiger partial charge in [-0.1, -0.05) is 197 Å². The smallest absolute Gasteiger partial charge is 0.120 e. The normalized spacial score (nSPS) is 24.0. The highest BCUT2D eigenvalue weighted by Gasteiger charge is 2.42. The van der Waals surface area contributed by atoms with Gasteiger partial charge in [0.15, 0.2) is 0 Å². The maximum absolute atomic E-state index is 5.79. The van der Waals surface area contributed by atoms with E-state index in [-0.39, 0.29) is 5.60 Å². The van der Waals surface area contributed by atoms with Crippen LogP contribution in [0.4, 0.5) is 0 Å². The summed E-state index contributed by atoms with van der Waals surface area (Å²) in [5.41, 5.74) is 6.28. The second kappa shape index (κ2) is 56.5. The number of piperidine rings is 5. The van der Waals surface area contributed by atoms with E-state index < -0.39 is 0 Å². The van der Waals surface area contributed by atoms with Crippen LogP contribution in [-0.2, 0) is 6.42 Å². The molecular weight excluding hydrogens is 1490 g/mol. The summed E-state index contributed by atoms with van der Waals surface area (Å²) in [6.45, 7) is 134. The summed E-state index contributed by atoms with van der Waals surface area (Å²) in [6, 6.07) is 14.0. The quantitative estimate of drug-likeness (QED) is 0.294. The highest BCUT2D eigenvalue weighted by atomic mass is 16.5. The Balaban J connectivity index is -0.000000637. The van der Waals surface area contributed by atoms with Gasteiger partial charge in [-0.15, -0.1) is 0 Å². The molecule has 9 rings (SSSR count). The van der Waals surface area contributed by atoms with E-state index in [4.69, 9.17) is 4.74 Å². The van der Waals surface area contributed by atoms with Crippen LogP contribution >= 0.6 is 0 Å². The van der Waals surface area contributed by atoms with Gasteiger partial charge in [0.2, 0.25) is 0 Å². The van der Waals surface area contributed by atoms with Crippen LogP contribution in [0.3, 0.4) is 0 Å². The average Bonchev–Trinajstić information content (AvgIpc) is 1.30. The first kappa shape index (κ1) is 127. The number of hydrogen-bond donors (Lipinski definition) is 0. The Labute approximate surface area is 774 Å². The third-order valence-electron chi connectivity index (χ3n) is 25.7. The fraction of sp³-hybridized carbons (Fsp3) is 0.947. The number of benzene rings is 1. The van der Waals surface area contributed by atoms with Crippen LogP contribution < -0.4 is 4.74 Å². The van der Waals surface area contributed by atoms with Crippen LogP contribution in [0.2, 0.25) is 0 Å². The minimum absolute atomic E-state index is 0.120. The number of likely N-dealkylation sites (tertiary alicyclic amines) is 8. The molecule has 0 N–H and O–H groups in total. The molecule has 0 aromatic heterocycles. The van der Waals surface area contributed by atoms with E-state index in [0.717, 1.165) is 60.4 Å². The van der Waals surface area contributed by atoms with Crippen LogP contribution in [0.15, 0.2) is 24.3 Å². The highest BCUT2D eigenvalue weighted by molar-refractivity contribution is 5.28. The first-order valence-electron chi connectivity index (χ1n) is 52.0. The number of hydrogen-bond acceptors (Lipinski definition) is 9. The molecule has 1 aromatic carbocycles. The first-order chi connectivity index (χ1) is 55.1. The molecule has 8 aliphatic rings. The zero-order valence-corrected chi connectivity index (χ0v) is 94.8. The fourth-order valence-electron chi connectivity index (χ4n) is 19.9. The summed E-state index contributed by atoms with van der Waals surface area (Å²) < 4.78 is 5.79. The van der Waals surface area contributed by atoms with E-state index in [2.05, 4.69) is 382 Å². The maximum Gasteiger partial charge on any atom is 0.120 e. The van der Waals surface area contributed by atoms with Crippen molar-refractivity contribution in [3.05, 3.63) is 29.8 Å². The Morgan fingerprint density at radius 2 is 0.525 bits per heavy atom. The maximum atomic E-state index is 5.79. The van der Waals surface area contributed by atoms with Gasteiger partial charge in [-0.05, 0) is 433 Å². The molecule has 734 valence electrons. The number of rotatable bonds is 3. The summed E-state index contributed by atoms with van der Waals surface area (Å²) in [5.74, 6) is 1.82. The van der Waals surface area contributed by atoms with Gasteiger partial charge >= 0.3 is 0 Å². The molecule has 0 radical (unpaired) electrons. The number of nitrogens with zero attached hydrogens (tertiary/aromatic N) is 8. The molecule has 8 fully saturated rings. The molecule has 0 aliphatic carbocycles. The van der Waals surface area contributed by atoms with Crippen molar-refractivity contribution in [1.82, 2.24) is 39.2 Å². The summed E-state index contributed by atoms with van der Waals surface area (Å²) in [6.07, 6.45) is 30.3. The molecule has 9 heteroatoms. The van der Waals surface area contributed by atoms with Crippen molar-refractivity contribution >= 4 is 0 Å². The number of ether oxygens (including phenoxy) is 1. The zero-order valence-electron chi connectivity index (χ0n) is 94.8. The van der Waals surface area contributed by atoms with Crippen molar-refractivity contribution in [3.8, 4) is 5.75 Å². The lowest BCUT2D eigenvalue weighted by molar-refractivity contribution is -0.00414. The van der Waals surface area contributed by atoms with Crippen molar-refractivity contribution in [3.63, 3.8) is 0 Å². The van der Waals surface area contributed by atoms with Crippen LogP contribution in [-0.4, -0.2) is 190 Å². The van der Waals surface area contributed by atoms with Gasteiger partial charge < -0.3 is 4.74 Å². The summed E-state index contributed by atoms with van der Waals surface area (Å²) >= 11 is 0. The van der Waals surface area contributed by atoms with Crippen LogP contribution in [0, 0.1) is 33.0 Å². The fourth-order valence-corrected chi connectivity index (χ4v) is 19.9. The van der Waals surface area contributed by atoms with E-state index in [1.165, 1.54) is 199 Å². The first-order valence-corrected chi connectivity index (χ1v) is 52.0. The molecule has 1 aromatic rings. The van der Waals surface area contributed by atoms with E-state index in [1.807, 2.05) is 55.4 Å². The lowest BCUT2D eigenvalue weighted by atomic mass is 9.75. The van der Waals surface area contributed by atoms with Crippen LogP contribution in [0.1, 0.15) is 514 Å².